The Morgan fingerprint density at radius 1 is 1.12 bits per heavy atom. The summed E-state index contributed by atoms with van der Waals surface area (Å²) < 4.78 is 73.7. The van der Waals surface area contributed by atoms with Crippen LogP contribution < -0.4 is 0 Å². The fourth-order valence-electron chi connectivity index (χ4n) is 0.908. The van der Waals surface area contributed by atoms with Gasteiger partial charge in [0.1, 0.15) is 10.7 Å². The first kappa shape index (κ1) is 12.7. The van der Waals surface area contributed by atoms with E-state index in [9.17, 15) is 28.6 Å². The Balaban J connectivity index is 3.54. The van der Waals surface area contributed by atoms with Gasteiger partial charge in [0.05, 0.1) is 5.56 Å². The molecule has 0 heterocycles. The van der Waals surface area contributed by atoms with Crippen LogP contribution in [0.2, 0.25) is 0 Å². The van der Waals surface area contributed by atoms with E-state index < -0.39 is 38.5 Å². The van der Waals surface area contributed by atoms with Crippen molar-refractivity contribution < 1.29 is 33.7 Å². The number of hydrogen-bond acceptors (Lipinski definition) is 1. The summed E-state index contributed by atoms with van der Waals surface area (Å²) >= 11 is 0. The van der Waals surface area contributed by atoms with Gasteiger partial charge in [-0.05, 0) is 18.2 Å². The Bertz CT molecular complexity index is 465. The third-order valence-corrected chi connectivity index (χ3v) is 2.76. The highest BCUT2D eigenvalue weighted by Gasteiger charge is 2.65. The molecular weight excluding hydrogens is 262 g/mol. The monoisotopic (exact) mass is 266 g/mol. The number of aromatic carboxylic acids is 1. The lowest BCUT2D eigenvalue weighted by Gasteiger charge is -2.40. The van der Waals surface area contributed by atoms with Gasteiger partial charge in [-0.25, -0.2) is 9.18 Å². The smallest absolute Gasteiger partial charge is 0.338 e. The number of halogens is 6. The van der Waals surface area contributed by atoms with Crippen LogP contribution in [0.15, 0.2) is 23.1 Å². The molecule has 0 bridgehead atoms. The number of benzene rings is 1. The van der Waals surface area contributed by atoms with E-state index >= 15 is 0 Å². The van der Waals surface area contributed by atoms with Crippen molar-refractivity contribution in [3.8, 4) is 0 Å². The van der Waals surface area contributed by atoms with Crippen molar-refractivity contribution in [2.45, 2.75) is 4.90 Å². The van der Waals surface area contributed by atoms with Gasteiger partial charge in [-0.2, -0.15) is 0 Å². The molecule has 0 aliphatic heterocycles. The van der Waals surface area contributed by atoms with Gasteiger partial charge in [-0.15, -0.1) is 0 Å². The van der Waals surface area contributed by atoms with Crippen LogP contribution in [0.25, 0.3) is 0 Å². The summed E-state index contributed by atoms with van der Waals surface area (Å²) in [5, 5.41) is 8.28. The van der Waals surface area contributed by atoms with Crippen LogP contribution in [0.3, 0.4) is 0 Å². The van der Waals surface area contributed by atoms with E-state index in [4.69, 9.17) is 5.11 Å². The average molecular weight is 266 g/mol. The lowest BCUT2D eigenvalue weighted by atomic mass is 10.2. The average Bonchev–Trinajstić information content (AvgIpc) is 1.99. The van der Waals surface area contributed by atoms with E-state index in [0.29, 0.717) is 0 Å². The van der Waals surface area contributed by atoms with Crippen molar-refractivity contribution in [1.29, 1.82) is 0 Å². The van der Waals surface area contributed by atoms with Crippen molar-refractivity contribution in [3.05, 3.63) is 29.6 Å². The van der Waals surface area contributed by atoms with Crippen molar-refractivity contribution in [2.24, 2.45) is 0 Å². The Hall–Kier alpha value is -1.38. The summed E-state index contributed by atoms with van der Waals surface area (Å²) in [6.45, 7) is 0. The maximum atomic E-state index is 12.7. The minimum atomic E-state index is -9.97. The fourth-order valence-corrected chi connectivity index (χ4v) is 1.57. The van der Waals surface area contributed by atoms with Gasteiger partial charge >= 0.3 is 16.2 Å². The van der Waals surface area contributed by atoms with E-state index in [1.54, 1.807) is 0 Å². The molecule has 1 aromatic carbocycles. The Labute approximate surface area is 85.2 Å². The van der Waals surface area contributed by atoms with E-state index in [1.165, 1.54) is 0 Å². The standard InChI is InChI=1S/C7H4F6O2S/c8-6-2-1-4(3-5(6)7(14)15)16(9,10,11,12)13/h1-3H,(H,14,15). The highest BCUT2D eigenvalue weighted by molar-refractivity contribution is 8.45. The van der Waals surface area contributed by atoms with Crippen molar-refractivity contribution in [2.75, 3.05) is 0 Å². The SMILES string of the molecule is O=C(O)c1cc(S(F)(F)(F)(F)F)ccc1F. The molecule has 9 heteroatoms. The van der Waals surface area contributed by atoms with Gasteiger partial charge in [-0.3, -0.25) is 0 Å². The molecule has 0 saturated carbocycles. The number of carbonyl (C=O) groups is 1. The van der Waals surface area contributed by atoms with Crippen LogP contribution in [0.1, 0.15) is 10.4 Å². The van der Waals surface area contributed by atoms with Gasteiger partial charge in [-0.1, -0.05) is 19.4 Å². The molecule has 0 aliphatic carbocycles. The van der Waals surface area contributed by atoms with E-state index in [2.05, 4.69) is 0 Å². The minimum Gasteiger partial charge on any atom is -0.478 e. The summed E-state index contributed by atoms with van der Waals surface area (Å²) in [7, 11) is -9.97. The van der Waals surface area contributed by atoms with Crippen molar-refractivity contribution >= 4 is 16.2 Å². The second-order valence-corrected chi connectivity index (χ2v) is 5.33. The zero-order valence-corrected chi connectivity index (χ0v) is 8.08. The number of carboxylic acids is 1. The van der Waals surface area contributed by atoms with Crippen LogP contribution in [0.4, 0.5) is 23.8 Å². The second kappa shape index (κ2) is 2.65. The van der Waals surface area contributed by atoms with Crippen molar-refractivity contribution in [3.63, 3.8) is 0 Å². The van der Waals surface area contributed by atoms with E-state index in [0.717, 1.165) is 0 Å². The predicted molar refractivity (Wildman–Crippen MR) is 44.8 cm³/mol. The molecule has 0 spiro atoms. The zero-order chi connectivity index (χ0) is 12.8. The third kappa shape index (κ3) is 2.60. The van der Waals surface area contributed by atoms with Crippen LogP contribution >= 0.6 is 10.2 Å². The summed E-state index contributed by atoms with van der Waals surface area (Å²) in [5.41, 5.74) is -1.45. The first-order chi connectivity index (χ1) is 6.81. The molecule has 0 radical (unpaired) electrons. The van der Waals surface area contributed by atoms with Gasteiger partial charge in [0.25, 0.3) is 0 Å². The summed E-state index contributed by atoms with van der Waals surface area (Å²) in [6, 6.07) is -0.570. The quantitative estimate of drug-likeness (QED) is 0.815. The highest BCUT2D eigenvalue weighted by atomic mass is 32.5. The summed E-state index contributed by atoms with van der Waals surface area (Å²) in [5.74, 6) is -3.57. The lowest BCUT2D eigenvalue weighted by molar-refractivity contribution is 0.0691. The van der Waals surface area contributed by atoms with Crippen LogP contribution in [-0.2, 0) is 0 Å². The minimum absolute atomic E-state index is 0.0384. The predicted octanol–water partition coefficient (Wildman–Crippen LogP) is 4.18. The molecule has 2 nitrogen and oxygen atoms in total. The third-order valence-electron chi connectivity index (χ3n) is 1.61. The van der Waals surface area contributed by atoms with E-state index in [-0.39, 0.29) is 12.1 Å². The van der Waals surface area contributed by atoms with Crippen LogP contribution in [0, 0.1) is 5.82 Å². The molecule has 0 aromatic heterocycles. The van der Waals surface area contributed by atoms with Gasteiger partial charge in [0, 0.05) is 0 Å². The molecule has 0 unspecified atom stereocenters. The molecule has 1 aromatic rings. The molecule has 0 saturated heterocycles. The van der Waals surface area contributed by atoms with Crippen molar-refractivity contribution in [1.82, 2.24) is 0 Å². The van der Waals surface area contributed by atoms with Gasteiger partial charge < -0.3 is 5.11 Å². The molecule has 0 fully saturated rings. The largest absolute Gasteiger partial charge is 0.478 e. The molecule has 16 heavy (non-hydrogen) atoms. The maximum Gasteiger partial charge on any atom is 0.338 e. The van der Waals surface area contributed by atoms with Gasteiger partial charge in [0.15, 0.2) is 0 Å². The maximum absolute atomic E-state index is 12.7. The molecule has 1 rings (SSSR count). The molecule has 92 valence electrons. The molecular formula is C7H4F6O2S. The second-order valence-electron chi connectivity index (χ2n) is 2.92. The first-order valence-electron chi connectivity index (χ1n) is 3.58. The molecule has 0 amide bonds. The van der Waals surface area contributed by atoms with E-state index in [1.807, 2.05) is 0 Å². The fraction of sp³-hybridized carbons (Fsp3) is 0. The molecule has 0 atom stereocenters. The topological polar surface area (TPSA) is 37.3 Å². The molecule has 0 aliphatic rings. The zero-order valence-electron chi connectivity index (χ0n) is 7.26. The lowest BCUT2D eigenvalue weighted by Crippen LogP contribution is -2.09. The summed E-state index contributed by atoms with van der Waals surface area (Å²) in [6.07, 6.45) is 0. The van der Waals surface area contributed by atoms with Crippen LogP contribution in [-0.4, -0.2) is 11.1 Å². The van der Waals surface area contributed by atoms with Crippen LogP contribution in [0.5, 0.6) is 0 Å². The van der Waals surface area contributed by atoms with Gasteiger partial charge in [0.2, 0.25) is 0 Å². The number of hydrogen-bond donors (Lipinski definition) is 1. The molecule has 1 N–H and O–H groups in total. The Morgan fingerprint density at radius 2 is 1.62 bits per heavy atom. The Morgan fingerprint density at radius 3 is 2.00 bits per heavy atom. The first-order valence-corrected chi connectivity index (χ1v) is 5.53. The number of rotatable bonds is 2. The normalized spacial score (nSPS) is 16.4. The highest BCUT2D eigenvalue weighted by Crippen LogP contribution is 3.02. The summed E-state index contributed by atoms with van der Waals surface area (Å²) in [4.78, 5) is 7.84. The Kier molecular flexibility index (Phi) is 2.10. The number of carboxylic acid groups (broad SMARTS) is 1.